The van der Waals surface area contributed by atoms with Gasteiger partial charge in [-0.05, 0) is 42.0 Å². The summed E-state index contributed by atoms with van der Waals surface area (Å²) in [6.07, 6.45) is 4.13. The number of aromatic nitrogens is 2. The normalized spacial score (nSPS) is 11.2. The van der Waals surface area contributed by atoms with E-state index in [9.17, 15) is 0 Å². The lowest BCUT2D eigenvalue weighted by atomic mass is 10.1. The van der Waals surface area contributed by atoms with E-state index < -0.39 is 0 Å². The van der Waals surface area contributed by atoms with Crippen molar-refractivity contribution >= 4 is 44.8 Å². The minimum Gasteiger partial charge on any atom is -0.378 e. The van der Waals surface area contributed by atoms with Crippen LogP contribution in [0.3, 0.4) is 0 Å². The van der Waals surface area contributed by atoms with E-state index in [1.165, 1.54) is 5.69 Å². The van der Waals surface area contributed by atoms with Gasteiger partial charge in [0.25, 0.3) is 0 Å². The van der Waals surface area contributed by atoms with Gasteiger partial charge in [0.05, 0.1) is 22.4 Å². The van der Waals surface area contributed by atoms with Crippen LogP contribution in [0, 0.1) is 0 Å². The van der Waals surface area contributed by atoms with E-state index in [1.807, 2.05) is 56.6 Å². The van der Waals surface area contributed by atoms with Gasteiger partial charge in [-0.2, -0.15) is 0 Å². The van der Waals surface area contributed by atoms with Gasteiger partial charge in [0, 0.05) is 29.8 Å². The van der Waals surface area contributed by atoms with Crippen molar-refractivity contribution in [1.82, 2.24) is 9.97 Å². The van der Waals surface area contributed by atoms with Gasteiger partial charge >= 0.3 is 0 Å². The van der Waals surface area contributed by atoms with E-state index >= 15 is 0 Å². The summed E-state index contributed by atoms with van der Waals surface area (Å²) in [4.78, 5) is 11.9. The molecule has 0 unspecified atom stereocenters. The second-order valence-corrected chi connectivity index (χ2v) is 7.69. The Labute approximate surface area is 173 Å². The molecule has 1 heterocycles. The Morgan fingerprint density at radius 1 is 0.786 bits per heavy atom. The van der Waals surface area contributed by atoms with Crippen molar-refractivity contribution < 1.29 is 0 Å². The third-order valence-corrected chi connectivity index (χ3v) is 5.04. The maximum Gasteiger partial charge on any atom is 0.0966 e. The molecular formula is C24H20BrN3. The number of hydrogen-bond acceptors (Lipinski definition) is 3. The molecule has 4 rings (SSSR count). The molecule has 0 atom stereocenters. The zero-order valence-electron chi connectivity index (χ0n) is 15.8. The Morgan fingerprint density at radius 3 is 2.25 bits per heavy atom. The summed E-state index contributed by atoms with van der Waals surface area (Å²) < 4.78 is 0.998. The molecule has 0 bridgehead atoms. The van der Waals surface area contributed by atoms with Crippen molar-refractivity contribution in [2.45, 2.75) is 0 Å². The van der Waals surface area contributed by atoms with E-state index in [4.69, 9.17) is 9.97 Å². The summed E-state index contributed by atoms with van der Waals surface area (Å²) in [5.41, 5.74) is 6.86. The fourth-order valence-corrected chi connectivity index (χ4v) is 3.37. The molecule has 0 saturated carbocycles. The van der Waals surface area contributed by atoms with Crippen LogP contribution in [0.1, 0.15) is 11.3 Å². The van der Waals surface area contributed by atoms with E-state index in [2.05, 4.69) is 63.3 Å². The molecule has 0 fully saturated rings. The zero-order valence-corrected chi connectivity index (χ0v) is 17.4. The quantitative estimate of drug-likeness (QED) is 0.381. The number of fused-ring (bicyclic) bond motifs is 1. The Balaban J connectivity index is 1.79. The number of hydrogen-bond donors (Lipinski definition) is 0. The van der Waals surface area contributed by atoms with Crippen molar-refractivity contribution in [1.29, 1.82) is 0 Å². The topological polar surface area (TPSA) is 29.0 Å². The van der Waals surface area contributed by atoms with Crippen molar-refractivity contribution in [3.05, 3.63) is 88.5 Å². The molecule has 3 aromatic carbocycles. The second kappa shape index (κ2) is 7.95. The molecule has 0 saturated heterocycles. The molecule has 3 nitrogen and oxygen atoms in total. The maximum atomic E-state index is 4.91. The first-order valence-electron chi connectivity index (χ1n) is 9.08. The Kier molecular flexibility index (Phi) is 5.22. The average Bonchev–Trinajstić information content (AvgIpc) is 2.72. The molecule has 0 N–H and O–H groups in total. The van der Waals surface area contributed by atoms with Crippen LogP contribution in [0.25, 0.3) is 34.4 Å². The number of rotatable bonds is 4. The molecule has 0 radical (unpaired) electrons. The van der Waals surface area contributed by atoms with Gasteiger partial charge in [-0.15, -0.1) is 0 Å². The first-order chi connectivity index (χ1) is 13.6. The Morgan fingerprint density at radius 2 is 1.54 bits per heavy atom. The minimum absolute atomic E-state index is 0.859. The van der Waals surface area contributed by atoms with E-state index in [-0.39, 0.29) is 0 Å². The first-order valence-corrected chi connectivity index (χ1v) is 9.88. The van der Waals surface area contributed by atoms with Crippen molar-refractivity contribution in [2.24, 2.45) is 0 Å². The third kappa shape index (κ3) is 3.97. The molecule has 28 heavy (non-hydrogen) atoms. The average molecular weight is 430 g/mol. The summed E-state index contributed by atoms with van der Waals surface area (Å²) in [5.74, 6) is 0. The highest BCUT2D eigenvalue weighted by molar-refractivity contribution is 9.10. The van der Waals surface area contributed by atoms with E-state index in [0.29, 0.717) is 0 Å². The fourth-order valence-electron chi connectivity index (χ4n) is 3.02. The van der Waals surface area contributed by atoms with Gasteiger partial charge < -0.3 is 4.90 Å². The molecule has 0 aliphatic rings. The molecule has 0 amide bonds. The Bertz CT molecular complexity index is 1130. The Hall–Kier alpha value is -2.98. The lowest BCUT2D eigenvalue weighted by Crippen LogP contribution is -2.07. The van der Waals surface area contributed by atoms with Crippen molar-refractivity contribution in [2.75, 3.05) is 19.0 Å². The molecule has 4 aromatic rings. The van der Waals surface area contributed by atoms with Crippen molar-refractivity contribution in [3.63, 3.8) is 0 Å². The van der Waals surface area contributed by atoms with Crippen molar-refractivity contribution in [3.8, 4) is 11.3 Å². The van der Waals surface area contributed by atoms with Crippen LogP contribution in [0.15, 0.2) is 77.3 Å². The highest BCUT2D eigenvalue weighted by Gasteiger charge is 2.09. The minimum atomic E-state index is 0.859. The number of halogens is 1. The lowest BCUT2D eigenvalue weighted by molar-refractivity contribution is 1.13. The number of benzene rings is 3. The molecule has 138 valence electrons. The maximum absolute atomic E-state index is 4.91. The SMILES string of the molecule is CN(C)c1ccc(/C=C/c2nc3ccc(Br)cc3nc2-c2ccccc2)cc1. The molecule has 1 aromatic heterocycles. The molecule has 0 aliphatic heterocycles. The number of nitrogens with zero attached hydrogens (tertiary/aromatic N) is 3. The standard InChI is InChI=1S/C24H20BrN3/c1-28(2)20-12-8-17(9-13-20)10-14-22-24(18-6-4-3-5-7-18)27-23-16-19(25)11-15-21(23)26-22/h3-16H,1-2H3/b14-10+. The fraction of sp³-hybridized carbons (Fsp3) is 0.0833. The smallest absolute Gasteiger partial charge is 0.0966 e. The summed E-state index contributed by atoms with van der Waals surface area (Å²) >= 11 is 3.52. The first kappa shape index (κ1) is 18.4. The van der Waals surface area contributed by atoms with Crippen LogP contribution < -0.4 is 4.90 Å². The van der Waals surface area contributed by atoms with Crippen LogP contribution in [0.2, 0.25) is 0 Å². The van der Waals surface area contributed by atoms with Crippen LogP contribution in [-0.4, -0.2) is 24.1 Å². The monoisotopic (exact) mass is 429 g/mol. The van der Waals surface area contributed by atoms with Gasteiger partial charge in [-0.3, -0.25) is 0 Å². The summed E-state index contributed by atoms with van der Waals surface area (Å²) in [7, 11) is 4.08. The summed E-state index contributed by atoms with van der Waals surface area (Å²) in [6, 6.07) is 24.6. The predicted octanol–water partition coefficient (Wildman–Crippen LogP) is 6.30. The van der Waals surface area contributed by atoms with E-state index in [0.717, 1.165) is 38.0 Å². The predicted molar refractivity (Wildman–Crippen MR) is 122 cm³/mol. The molecular weight excluding hydrogens is 410 g/mol. The van der Waals surface area contributed by atoms with Crippen LogP contribution in [0.5, 0.6) is 0 Å². The largest absolute Gasteiger partial charge is 0.378 e. The van der Waals surface area contributed by atoms with E-state index in [1.54, 1.807) is 0 Å². The molecule has 0 spiro atoms. The highest BCUT2D eigenvalue weighted by Crippen LogP contribution is 2.26. The second-order valence-electron chi connectivity index (χ2n) is 6.78. The number of anilines is 1. The van der Waals surface area contributed by atoms with Gasteiger partial charge in [0.1, 0.15) is 0 Å². The summed E-state index contributed by atoms with van der Waals surface area (Å²) in [6.45, 7) is 0. The van der Waals surface area contributed by atoms with Gasteiger partial charge in [-0.1, -0.05) is 64.5 Å². The van der Waals surface area contributed by atoms with Gasteiger partial charge in [-0.25, -0.2) is 9.97 Å². The highest BCUT2D eigenvalue weighted by atomic mass is 79.9. The van der Waals surface area contributed by atoms with Gasteiger partial charge in [0.15, 0.2) is 0 Å². The van der Waals surface area contributed by atoms with Gasteiger partial charge in [0.2, 0.25) is 0 Å². The molecule has 4 heteroatoms. The summed E-state index contributed by atoms with van der Waals surface area (Å²) in [5, 5.41) is 0. The van der Waals surface area contributed by atoms with Crippen LogP contribution >= 0.6 is 15.9 Å². The molecule has 0 aliphatic carbocycles. The third-order valence-electron chi connectivity index (χ3n) is 4.54. The lowest BCUT2D eigenvalue weighted by Gasteiger charge is -2.11. The van der Waals surface area contributed by atoms with Crippen LogP contribution in [-0.2, 0) is 0 Å². The zero-order chi connectivity index (χ0) is 19.5. The van der Waals surface area contributed by atoms with Crippen LogP contribution in [0.4, 0.5) is 5.69 Å².